The number of benzene rings is 3. The van der Waals surface area contributed by atoms with E-state index in [0.29, 0.717) is 22.9 Å². The highest BCUT2D eigenvalue weighted by Crippen LogP contribution is 2.30. The molecule has 0 N–H and O–H groups in total. The van der Waals surface area contributed by atoms with Crippen LogP contribution in [0.15, 0.2) is 60.7 Å². The number of rotatable bonds is 8. The van der Waals surface area contributed by atoms with Crippen molar-refractivity contribution in [3.8, 4) is 5.75 Å². The fraction of sp³-hybridized carbons (Fsp3) is 0.308. The summed E-state index contributed by atoms with van der Waals surface area (Å²) in [6.07, 6.45) is 0.778. The first-order valence-electron chi connectivity index (χ1n) is 11.4. The molecule has 2 heterocycles. The molecule has 0 unspecified atom stereocenters. The largest absolute Gasteiger partial charge is 0.484 e. The highest BCUT2D eigenvalue weighted by molar-refractivity contribution is 7.22. The average Bonchev–Trinajstić information content (AvgIpc) is 3.31. The number of hydrogen-bond donors (Lipinski definition) is 0. The first kappa shape index (κ1) is 22.7. The van der Waals surface area contributed by atoms with E-state index in [0.717, 1.165) is 54.7 Å². The molecule has 1 saturated heterocycles. The van der Waals surface area contributed by atoms with Crippen molar-refractivity contribution >= 4 is 43.4 Å². The van der Waals surface area contributed by atoms with Crippen molar-refractivity contribution in [2.24, 2.45) is 0 Å². The van der Waals surface area contributed by atoms with Gasteiger partial charge in [-0.25, -0.2) is 9.37 Å². The molecule has 8 heteroatoms. The minimum absolute atomic E-state index is 0.117. The van der Waals surface area contributed by atoms with Crippen molar-refractivity contribution in [3.63, 3.8) is 0 Å². The first-order chi connectivity index (χ1) is 16.7. The van der Waals surface area contributed by atoms with E-state index in [1.165, 1.54) is 17.4 Å². The number of para-hydroxylation sites is 1. The standard InChI is InChI=1S/C26H26FN3O3S/c27-22-7-3-8-23-25(22)28-26(34-23)30(12-4-11-29-13-15-32-16-14-29)24(31)18-33-21-10-9-19-5-1-2-6-20(19)17-21/h1-3,5-10,17H,4,11-16,18H2. The summed E-state index contributed by atoms with van der Waals surface area (Å²) in [5, 5.41) is 2.66. The maximum absolute atomic E-state index is 14.3. The first-order valence-corrected chi connectivity index (χ1v) is 12.3. The van der Waals surface area contributed by atoms with Crippen LogP contribution in [0.4, 0.5) is 9.52 Å². The Morgan fingerprint density at radius 3 is 2.74 bits per heavy atom. The summed E-state index contributed by atoms with van der Waals surface area (Å²) in [6.45, 7) is 4.49. The quantitative estimate of drug-likeness (QED) is 0.366. The SMILES string of the molecule is O=C(COc1ccc2ccccc2c1)N(CCCN1CCOCC1)c1nc2c(F)cccc2s1. The van der Waals surface area contributed by atoms with Gasteiger partial charge in [0.1, 0.15) is 17.1 Å². The molecule has 6 nitrogen and oxygen atoms in total. The molecule has 1 aliphatic rings. The van der Waals surface area contributed by atoms with Crippen molar-refractivity contribution in [3.05, 3.63) is 66.5 Å². The smallest absolute Gasteiger partial charge is 0.266 e. The van der Waals surface area contributed by atoms with E-state index in [1.54, 1.807) is 11.0 Å². The molecule has 4 aromatic rings. The van der Waals surface area contributed by atoms with Crippen LogP contribution in [0.3, 0.4) is 0 Å². The van der Waals surface area contributed by atoms with E-state index in [-0.39, 0.29) is 18.3 Å². The highest BCUT2D eigenvalue weighted by Gasteiger charge is 2.22. The molecular formula is C26H26FN3O3S. The van der Waals surface area contributed by atoms with E-state index in [2.05, 4.69) is 9.88 Å². The van der Waals surface area contributed by atoms with Crippen molar-refractivity contribution in [2.45, 2.75) is 6.42 Å². The second-order valence-corrected chi connectivity index (χ2v) is 9.24. The van der Waals surface area contributed by atoms with Gasteiger partial charge in [-0.15, -0.1) is 0 Å². The maximum Gasteiger partial charge on any atom is 0.266 e. The van der Waals surface area contributed by atoms with Crippen LogP contribution in [0.25, 0.3) is 21.0 Å². The number of aromatic nitrogens is 1. The predicted molar refractivity (Wildman–Crippen MR) is 133 cm³/mol. The zero-order valence-electron chi connectivity index (χ0n) is 18.8. The number of halogens is 1. The van der Waals surface area contributed by atoms with Gasteiger partial charge in [-0.3, -0.25) is 14.6 Å². The normalized spacial score (nSPS) is 14.5. The number of morpholine rings is 1. The van der Waals surface area contributed by atoms with Crippen LogP contribution in [0.1, 0.15) is 6.42 Å². The zero-order chi connectivity index (χ0) is 23.3. The van der Waals surface area contributed by atoms with Gasteiger partial charge in [-0.2, -0.15) is 0 Å². The molecule has 1 aliphatic heterocycles. The van der Waals surface area contributed by atoms with Crippen LogP contribution in [0, 0.1) is 5.82 Å². The Morgan fingerprint density at radius 1 is 1.09 bits per heavy atom. The fourth-order valence-corrected chi connectivity index (χ4v) is 5.13. The second-order valence-electron chi connectivity index (χ2n) is 8.23. The lowest BCUT2D eigenvalue weighted by Gasteiger charge is -2.27. The molecule has 5 rings (SSSR count). The zero-order valence-corrected chi connectivity index (χ0v) is 19.6. The Kier molecular flexibility index (Phi) is 6.99. The summed E-state index contributed by atoms with van der Waals surface area (Å²) < 4.78 is 26.2. The fourth-order valence-electron chi connectivity index (χ4n) is 4.10. The lowest BCUT2D eigenvalue weighted by molar-refractivity contribution is -0.120. The van der Waals surface area contributed by atoms with Gasteiger partial charge in [0.15, 0.2) is 11.7 Å². The van der Waals surface area contributed by atoms with E-state index in [4.69, 9.17) is 9.47 Å². The van der Waals surface area contributed by atoms with Gasteiger partial charge >= 0.3 is 0 Å². The minimum Gasteiger partial charge on any atom is -0.484 e. The Balaban J connectivity index is 1.31. The topological polar surface area (TPSA) is 54.9 Å². The van der Waals surface area contributed by atoms with Gasteiger partial charge in [0.05, 0.1) is 17.9 Å². The van der Waals surface area contributed by atoms with E-state index in [1.807, 2.05) is 48.5 Å². The van der Waals surface area contributed by atoms with Crippen LogP contribution in [-0.4, -0.2) is 61.8 Å². The number of carbonyl (C=O) groups is 1. The van der Waals surface area contributed by atoms with Gasteiger partial charge in [0, 0.05) is 26.2 Å². The molecule has 1 aromatic heterocycles. The van der Waals surface area contributed by atoms with Gasteiger partial charge in [-0.05, 0) is 41.5 Å². The summed E-state index contributed by atoms with van der Waals surface area (Å²) in [7, 11) is 0. The van der Waals surface area contributed by atoms with E-state index >= 15 is 0 Å². The number of fused-ring (bicyclic) bond motifs is 2. The lowest BCUT2D eigenvalue weighted by Crippen LogP contribution is -2.40. The molecule has 1 amide bonds. The Hall–Kier alpha value is -3.07. The summed E-state index contributed by atoms with van der Waals surface area (Å²) in [5.74, 6) is 0.0541. The average molecular weight is 480 g/mol. The van der Waals surface area contributed by atoms with Crippen LogP contribution < -0.4 is 9.64 Å². The van der Waals surface area contributed by atoms with Crippen LogP contribution in [0.2, 0.25) is 0 Å². The van der Waals surface area contributed by atoms with Crippen LogP contribution in [0.5, 0.6) is 5.75 Å². The Labute approximate surface area is 201 Å². The van der Waals surface area contributed by atoms with Gasteiger partial charge in [-0.1, -0.05) is 47.7 Å². The third kappa shape index (κ3) is 5.19. The number of amides is 1. The molecular weight excluding hydrogens is 453 g/mol. The van der Waals surface area contributed by atoms with Gasteiger partial charge < -0.3 is 9.47 Å². The predicted octanol–water partition coefficient (Wildman–Crippen LogP) is 4.72. The number of ether oxygens (including phenoxy) is 2. The van der Waals surface area contributed by atoms with Crippen LogP contribution in [-0.2, 0) is 9.53 Å². The van der Waals surface area contributed by atoms with Crippen LogP contribution >= 0.6 is 11.3 Å². The monoisotopic (exact) mass is 479 g/mol. The van der Waals surface area contributed by atoms with E-state index < -0.39 is 0 Å². The van der Waals surface area contributed by atoms with Crippen molar-refractivity contribution in [1.82, 2.24) is 9.88 Å². The highest BCUT2D eigenvalue weighted by atomic mass is 32.1. The van der Waals surface area contributed by atoms with Gasteiger partial charge in [0.25, 0.3) is 5.91 Å². The lowest BCUT2D eigenvalue weighted by atomic mass is 10.1. The third-order valence-electron chi connectivity index (χ3n) is 5.93. The summed E-state index contributed by atoms with van der Waals surface area (Å²) in [5.41, 5.74) is 0.295. The van der Waals surface area contributed by atoms with E-state index in [9.17, 15) is 9.18 Å². The molecule has 34 heavy (non-hydrogen) atoms. The maximum atomic E-state index is 14.3. The molecule has 0 spiro atoms. The summed E-state index contributed by atoms with van der Waals surface area (Å²) >= 11 is 1.32. The molecule has 1 fully saturated rings. The molecule has 0 radical (unpaired) electrons. The summed E-state index contributed by atoms with van der Waals surface area (Å²) in [6, 6.07) is 18.6. The third-order valence-corrected chi connectivity index (χ3v) is 6.98. The number of hydrogen-bond acceptors (Lipinski definition) is 6. The number of nitrogens with zero attached hydrogens (tertiary/aromatic N) is 3. The molecule has 3 aromatic carbocycles. The Morgan fingerprint density at radius 2 is 1.91 bits per heavy atom. The molecule has 0 aliphatic carbocycles. The van der Waals surface area contributed by atoms with Crippen molar-refractivity contribution in [2.75, 3.05) is 50.9 Å². The van der Waals surface area contributed by atoms with Gasteiger partial charge in [0.2, 0.25) is 0 Å². The second kappa shape index (κ2) is 10.5. The molecule has 0 saturated carbocycles. The number of carbonyl (C=O) groups excluding carboxylic acids is 1. The number of thiazole rings is 1. The number of anilines is 1. The molecule has 0 bridgehead atoms. The van der Waals surface area contributed by atoms with Crippen molar-refractivity contribution < 1.29 is 18.7 Å². The summed E-state index contributed by atoms with van der Waals surface area (Å²) in [4.78, 5) is 21.7. The minimum atomic E-state index is -0.381. The molecule has 0 atom stereocenters. The Bertz CT molecular complexity index is 1290. The molecule has 176 valence electrons. The van der Waals surface area contributed by atoms with Crippen molar-refractivity contribution in [1.29, 1.82) is 0 Å².